The van der Waals surface area contributed by atoms with E-state index < -0.39 is 0 Å². The van der Waals surface area contributed by atoms with Crippen LogP contribution in [0.3, 0.4) is 0 Å². The van der Waals surface area contributed by atoms with Gasteiger partial charge in [0.25, 0.3) is 0 Å². The van der Waals surface area contributed by atoms with Crippen molar-refractivity contribution in [2.24, 2.45) is 0 Å². The molecule has 0 amide bonds. The zero-order chi connectivity index (χ0) is 5.82. The van der Waals surface area contributed by atoms with E-state index in [1.54, 1.807) is 0 Å². The van der Waals surface area contributed by atoms with Gasteiger partial charge in [0, 0.05) is 0 Å². The van der Waals surface area contributed by atoms with Crippen LogP contribution >= 0.6 is 0 Å². The third kappa shape index (κ3) is 3.88. The molecule has 0 unspecified atom stereocenters. The van der Waals surface area contributed by atoms with Gasteiger partial charge >= 0.3 is 51.4 Å². The van der Waals surface area contributed by atoms with Crippen molar-refractivity contribution in [1.29, 1.82) is 0 Å². The predicted octanol–water partition coefficient (Wildman–Crippen LogP) is -3.30. The molecule has 46 valence electrons. The molecule has 0 spiro atoms. The van der Waals surface area contributed by atoms with Gasteiger partial charge in [0.15, 0.2) is 0 Å². The van der Waals surface area contributed by atoms with Crippen LogP contribution in [0.4, 0.5) is 0 Å². The molecule has 1 rings (SSSR count). The summed E-state index contributed by atoms with van der Waals surface area (Å²) in [5.74, 6) is 0. The Morgan fingerprint density at radius 3 is 2.78 bits per heavy atom. The number of hydrogen-bond donors (Lipinski definition) is 0. The van der Waals surface area contributed by atoms with Crippen molar-refractivity contribution in [3.8, 4) is 0 Å². The van der Waals surface area contributed by atoms with Crippen molar-refractivity contribution in [2.75, 3.05) is 19.8 Å². The fourth-order valence-corrected chi connectivity index (χ4v) is 0.697. The van der Waals surface area contributed by atoms with Crippen LogP contribution < -0.4 is 56.5 Å². The van der Waals surface area contributed by atoms with Crippen molar-refractivity contribution in [2.45, 2.75) is 6.42 Å². The minimum Gasteiger partial charge on any atom is -0.851 e. The maximum atomic E-state index is 10.2. The minimum atomic E-state index is -0.0522. The van der Waals surface area contributed by atoms with E-state index in [4.69, 9.17) is 4.74 Å². The van der Waals surface area contributed by atoms with Crippen LogP contribution in [-0.4, -0.2) is 19.8 Å². The molecule has 2 nitrogen and oxygen atoms in total. The van der Waals surface area contributed by atoms with Gasteiger partial charge in [-0.25, -0.2) is 0 Å². The topological polar surface area (TPSA) is 32.3 Å². The molecule has 1 heterocycles. The molecule has 0 saturated heterocycles. The first-order valence-electron chi connectivity index (χ1n) is 2.77. The average molecular weight is 152 g/mol. The van der Waals surface area contributed by atoms with Gasteiger partial charge in [-0.05, 0) is 6.42 Å². The molecule has 0 radical (unpaired) electrons. The van der Waals surface area contributed by atoms with E-state index in [1.165, 1.54) is 0 Å². The van der Waals surface area contributed by atoms with Crippen molar-refractivity contribution in [3.05, 3.63) is 11.6 Å². The van der Waals surface area contributed by atoms with Crippen molar-refractivity contribution in [1.82, 2.24) is 0 Å². The van der Waals surface area contributed by atoms with Crippen molar-refractivity contribution in [3.63, 3.8) is 0 Å². The summed E-state index contributed by atoms with van der Waals surface area (Å²) in [6, 6.07) is 0. The molecule has 0 bridgehead atoms. The molecule has 0 aromatic heterocycles. The Morgan fingerprint density at radius 1 is 1.67 bits per heavy atom. The van der Waals surface area contributed by atoms with Crippen LogP contribution in [0.25, 0.3) is 0 Å². The van der Waals surface area contributed by atoms with Crippen LogP contribution in [0.15, 0.2) is 11.6 Å². The standard InChI is InChI=1S/C6H9O2.K/c7-5-6-1-3-8-4-2-6;/h1H,2-5H2;/q-1;+1. The van der Waals surface area contributed by atoms with E-state index in [9.17, 15) is 5.11 Å². The normalized spacial score (nSPS) is 18.1. The summed E-state index contributed by atoms with van der Waals surface area (Å²) in [5, 5.41) is 10.2. The van der Waals surface area contributed by atoms with Crippen molar-refractivity contribution < 1.29 is 61.2 Å². The zero-order valence-corrected chi connectivity index (χ0v) is 8.85. The van der Waals surface area contributed by atoms with Crippen LogP contribution in [0.1, 0.15) is 6.42 Å². The first kappa shape index (κ1) is 10.3. The molecule has 0 saturated carbocycles. The Balaban J connectivity index is 0.000000640. The predicted molar refractivity (Wildman–Crippen MR) is 28.4 cm³/mol. The SMILES string of the molecule is [K+].[O-]CC1=CCOCC1. The summed E-state index contributed by atoms with van der Waals surface area (Å²) in [4.78, 5) is 0. The zero-order valence-electron chi connectivity index (χ0n) is 5.72. The second-order valence-electron chi connectivity index (χ2n) is 1.83. The van der Waals surface area contributed by atoms with E-state index in [0.717, 1.165) is 18.6 Å². The van der Waals surface area contributed by atoms with Gasteiger partial charge < -0.3 is 9.84 Å². The van der Waals surface area contributed by atoms with Crippen LogP contribution in [0, 0.1) is 0 Å². The molecular formula is C6H9KO2. The largest absolute Gasteiger partial charge is 1.00 e. The van der Waals surface area contributed by atoms with Gasteiger partial charge in [0.05, 0.1) is 13.2 Å². The molecule has 0 fully saturated rings. The van der Waals surface area contributed by atoms with Gasteiger partial charge in [-0.1, -0.05) is 11.6 Å². The molecule has 1 aliphatic rings. The average Bonchev–Trinajstić information content (AvgIpc) is 1.90. The molecule has 0 aromatic carbocycles. The Bertz CT molecular complexity index is 101. The van der Waals surface area contributed by atoms with E-state index in [0.29, 0.717) is 6.61 Å². The van der Waals surface area contributed by atoms with E-state index in [-0.39, 0.29) is 58.0 Å². The van der Waals surface area contributed by atoms with Gasteiger partial charge in [-0.15, -0.1) is 6.61 Å². The molecule has 0 N–H and O–H groups in total. The third-order valence-corrected chi connectivity index (χ3v) is 1.24. The van der Waals surface area contributed by atoms with Gasteiger partial charge in [-0.3, -0.25) is 0 Å². The van der Waals surface area contributed by atoms with E-state index in [2.05, 4.69) is 0 Å². The minimum absolute atomic E-state index is 0. The second-order valence-corrected chi connectivity index (χ2v) is 1.83. The quantitative estimate of drug-likeness (QED) is 0.291. The maximum absolute atomic E-state index is 10.2. The number of ether oxygens (including phenoxy) is 1. The maximum Gasteiger partial charge on any atom is 1.00 e. The summed E-state index contributed by atoms with van der Waals surface area (Å²) in [6.07, 6.45) is 2.71. The molecule has 0 atom stereocenters. The first-order chi connectivity index (χ1) is 3.93. The monoisotopic (exact) mass is 152 g/mol. The van der Waals surface area contributed by atoms with Gasteiger partial charge in [-0.2, -0.15) is 0 Å². The fraction of sp³-hybridized carbons (Fsp3) is 0.667. The van der Waals surface area contributed by atoms with E-state index >= 15 is 0 Å². The summed E-state index contributed by atoms with van der Waals surface area (Å²) in [7, 11) is 0. The number of hydrogen-bond acceptors (Lipinski definition) is 2. The van der Waals surface area contributed by atoms with Gasteiger partial charge in [0.2, 0.25) is 0 Å². The Kier molecular flexibility index (Phi) is 6.90. The van der Waals surface area contributed by atoms with Gasteiger partial charge in [0.1, 0.15) is 0 Å². The third-order valence-electron chi connectivity index (χ3n) is 1.24. The summed E-state index contributed by atoms with van der Waals surface area (Å²) in [6.45, 7) is 1.31. The Morgan fingerprint density at radius 2 is 2.44 bits per heavy atom. The van der Waals surface area contributed by atoms with Crippen LogP contribution in [0.5, 0.6) is 0 Å². The Labute approximate surface area is 97.7 Å². The van der Waals surface area contributed by atoms with Crippen molar-refractivity contribution >= 4 is 0 Å². The van der Waals surface area contributed by atoms with E-state index in [1.807, 2.05) is 6.08 Å². The molecular weight excluding hydrogens is 143 g/mol. The fourth-order valence-electron chi connectivity index (χ4n) is 0.697. The summed E-state index contributed by atoms with van der Waals surface area (Å²) < 4.78 is 4.99. The molecule has 0 aliphatic carbocycles. The first-order valence-corrected chi connectivity index (χ1v) is 2.77. The molecule has 9 heavy (non-hydrogen) atoms. The smallest absolute Gasteiger partial charge is 0.851 e. The van der Waals surface area contributed by atoms with Crippen LogP contribution in [-0.2, 0) is 4.74 Å². The molecule has 1 aliphatic heterocycles. The number of rotatable bonds is 1. The summed E-state index contributed by atoms with van der Waals surface area (Å²) >= 11 is 0. The van der Waals surface area contributed by atoms with Crippen LogP contribution in [0.2, 0.25) is 0 Å². The second kappa shape index (κ2) is 6.04. The Hall–Kier alpha value is 1.30. The summed E-state index contributed by atoms with van der Waals surface area (Å²) in [5.41, 5.74) is 0.997. The molecule has 3 heteroatoms. The molecule has 0 aromatic rings.